The lowest BCUT2D eigenvalue weighted by Gasteiger charge is -2.08. The molecule has 0 fully saturated rings. The Balaban J connectivity index is 3.09. The van der Waals surface area contributed by atoms with Crippen LogP contribution in [0.3, 0.4) is 0 Å². The third-order valence-corrected chi connectivity index (χ3v) is 1.68. The van der Waals surface area contributed by atoms with Crippen molar-refractivity contribution in [3.63, 3.8) is 0 Å². The zero-order valence-electron chi connectivity index (χ0n) is 7.71. The molecule has 0 saturated carbocycles. The molecule has 86 valence electrons. The monoisotopic (exact) mass is 233 g/mol. The Labute approximate surface area is 87.7 Å². The highest BCUT2D eigenvalue weighted by atomic mass is 19.3. The first-order valence-corrected chi connectivity index (χ1v) is 4.04. The predicted molar refractivity (Wildman–Crippen MR) is 48.0 cm³/mol. The summed E-state index contributed by atoms with van der Waals surface area (Å²) in [5.74, 6) is -4.45. The maximum Gasteiger partial charge on any atom is 0.340 e. The van der Waals surface area contributed by atoms with Crippen LogP contribution in [-0.2, 0) is 4.79 Å². The lowest BCUT2D eigenvalue weighted by atomic mass is 10.1. The number of benzene rings is 1. The summed E-state index contributed by atoms with van der Waals surface area (Å²) >= 11 is 0. The number of halogens is 3. The number of hydrogen-bond donors (Lipinski definition) is 2. The van der Waals surface area contributed by atoms with Gasteiger partial charge in [0.15, 0.2) is 0 Å². The lowest BCUT2D eigenvalue weighted by Crippen LogP contribution is -2.22. The van der Waals surface area contributed by atoms with E-state index >= 15 is 0 Å². The smallest absolute Gasteiger partial charge is 0.340 e. The van der Waals surface area contributed by atoms with Crippen LogP contribution in [0.15, 0.2) is 18.2 Å². The summed E-state index contributed by atoms with van der Waals surface area (Å²) in [4.78, 5) is 21.2. The molecule has 0 unspecified atom stereocenters. The standard InChI is InChI=1S/C9H6F3NO3/c10-4-2-1-3-5(6(4)9(15)16)13-8(14)7(11)12/h1-3,7H,(H,13,14)(H,15,16). The number of carboxylic acid groups (broad SMARTS) is 1. The Morgan fingerprint density at radius 1 is 1.31 bits per heavy atom. The molecule has 0 aliphatic carbocycles. The van der Waals surface area contributed by atoms with E-state index in [9.17, 15) is 22.8 Å². The van der Waals surface area contributed by atoms with Gasteiger partial charge in [0, 0.05) is 0 Å². The SMILES string of the molecule is O=C(O)c1c(F)cccc1NC(=O)C(F)F. The number of carbonyl (C=O) groups excluding carboxylic acids is 1. The molecule has 1 aromatic carbocycles. The third-order valence-electron chi connectivity index (χ3n) is 1.68. The highest BCUT2D eigenvalue weighted by Crippen LogP contribution is 2.19. The van der Waals surface area contributed by atoms with Gasteiger partial charge in [-0.3, -0.25) is 4.79 Å². The van der Waals surface area contributed by atoms with Crippen LogP contribution in [0.25, 0.3) is 0 Å². The number of aromatic carboxylic acids is 1. The van der Waals surface area contributed by atoms with Gasteiger partial charge in [-0.25, -0.2) is 9.18 Å². The van der Waals surface area contributed by atoms with Crippen molar-refractivity contribution in [1.82, 2.24) is 0 Å². The number of amides is 1. The lowest BCUT2D eigenvalue weighted by molar-refractivity contribution is -0.126. The van der Waals surface area contributed by atoms with Gasteiger partial charge in [-0.15, -0.1) is 0 Å². The summed E-state index contributed by atoms with van der Waals surface area (Å²) in [6.45, 7) is 0. The molecule has 1 amide bonds. The Morgan fingerprint density at radius 3 is 2.44 bits per heavy atom. The van der Waals surface area contributed by atoms with Crippen LogP contribution in [0.2, 0.25) is 0 Å². The van der Waals surface area contributed by atoms with Gasteiger partial charge in [0.2, 0.25) is 0 Å². The molecule has 0 aliphatic heterocycles. The van der Waals surface area contributed by atoms with Crippen LogP contribution in [-0.4, -0.2) is 23.4 Å². The zero-order chi connectivity index (χ0) is 12.3. The molecule has 2 N–H and O–H groups in total. The number of nitrogens with one attached hydrogen (secondary N) is 1. The number of anilines is 1. The van der Waals surface area contributed by atoms with E-state index < -0.39 is 35.4 Å². The molecule has 4 nitrogen and oxygen atoms in total. The summed E-state index contributed by atoms with van der Waals surface area (Å²) < 4.78 is 36.8. The van der Waals surface area contributed by atoms with Crippen molar-refractivity contribution in [1.29, 1.82) is 0 Å². The molecule has 0 spiro atoms. The second-order valence-electron chi connectivity index (χ2n) is 2.76. The van der Waals surface area contributed by atoms with Crippen molar-refractivity contribution >= 4 is 17.6 Å². The van der Waals surface area contributed by atoms with Gasteiger partial charge in [-0.05, 0) is 12.1 Å². The second kappa shape index (κ2) is 4.65. The molecule has 1 rings (SSSR count). The van der Waals surface area contributed by atoms with Crippen molar-refractivity contribution in [2.75, 3.05) is 5.32 Å². The van der Waals surface area contributed by atoms with E-state index in [1.807, 2.05) is 0 Å². The molecule has 0 radical (unpaired) electrons. The van der Waals surface area contributed by atoms with Crippen LogP contribution in [0, 0.1) is 5.82 Å². The molecule has 0 aliphatic rings. The second-order valence-corrected chi connectivity index (χ2v) is 2.76. The highest BCUT2D eigenvalue weighted by Gasteiger charge is 2.21. The topological polar surface area (TPSA) is 66.4 Å². The molecule has 0 bridgehead atoms. The summed E-state index contributed by atoms with van der Waals surface area (Å²) in [7, 11) is 0. The molecule has 7 heteroatoms. The van der Waals surface area contributed by atoms with Gasteiger partial charge < -0.3 is 10.4 Å². The first kappa shape index (κ1) is 12.0. The maximum absolute atomic E-state index is 13.0. The van der Waals surface area contributed by atoms with E-state index in [2.05, 4.69) is 0 Å². The van der Waals surface area contributed by atoms with Gasteiger partial charge in [0.05, 0.1) is 5.69 Å². The molecule has 0 atom stereocenters. The Hall–Kier alpha value is -2.05. The van der Waals surface area contributed by atoms with Crippen LogP contribution < -0.4 is 5.32 Å². The number of carbonyl (C=O) groups is 2. The molecular formula is C9H6F3NO3. The Kier molecular flexibility index (Phi) is 3.49. The van der Waals surface area contributed by atoms with Crippen molar-refractivity contribution in [3.05, 3.63) is 29.6 Å². The van der Waals surface area contributed by atoms with E-state index in [-0.39, 0.29) is 0 Å². The summed E-state index contributed by atoms with van der Waals surface area (Å²) in [6.07, 6.45) is -3.30. The van der Waals surface area contributed by atoms with E-state index in [0.717, 1.165) is 18.2 Å². The normalized spacial score (nSPS) is 10.2. The molecule has 16 heavy (non-hydrogen) atoms. The van der Waals surface area contributed by atoms with Gasteiger partial charge in [0.25, 0.3) is 5.91 Å². The third kappa shape index (κ3) is 2.50. The maximum atomic E-state index is 13.0. The van der Waals surface area contributed by atoms with Crippen molar-refractivity contribution in [3.8, 4) is 0 Å². The van der Waals surface area contributed by atoms with Crippen molar-refractivity contribution in [2.24, 2.45) is 0 Å². The Bertz CT molecular complexity index is 434. The minimum atomic E-state index is -3.30. The summed E-state index contributed by atoms with van der Waals surface area (Å²) in [5.41, 5.74) is -1.35. The average Bonchev–Trinajstić information content (AvgIpc) is 2.16. The largest absolute Gasteiger partial charge is 0.478 e. The number of alkyl halides is 2. The molecule has 0 aromatic heterocycles. The number of rotatable bonds is 3. The van der Waals surface area contributed by atoms with E-state index in [0.29, 0.717) is 0 Å². The first-order valence-electron chi connectivity index (χ1n) is 4.04. The van der Waals surface area contributed by atoms with Gasteiger partial charge in [-0.1, -0.05) is 6.07 Å². The van der Waals surface area contributed by atoms with E-state index in [4.69, 9.17) is 5.11 Å². The van der Waals surface area contributed by atoms with Crippen LogP contribution >= 0.6 is 0 Å². The Morgan fingerprint density at radius 2 is 1.94 bits per heavy atom. The highest BCUT2D eigenvalue weighted by molar-refractivity contribution is 6.01. The van der Waals surface area contributed by atoms with E-state index in [1.165, 1.54) is 0 Å². The van der Waals surface area contributed by atoms with Crippen molar-refractivity contribution in [2.45, 2.75) is 6.43 Å². The van der Waals surface area contributed by atoms with Crippen LogP contribution in [0.4, 0.5) is 18.9 Å². The molecular weight excluding hydrogens is 227 g/mol. The fourth-order valence-electron chi connectivity index (χ4n) is 1.03. The van der Waals surface area contributed by atoms with Crippen LogP contribution in [0.1, 0.15) is 10.4 Å². The quantitative estimate of drug-likeness (QED) is 0.835. The molecule has 0 heterocycles. The van der Waals surface area contributed by atoms with Gasteiger partial charge in [-0.2, -0.15) is 8.78 Å². The van der Waals surface area contributed by atoms with Gasteiger partial charge >= 0.3 is 12.4 Å². The minimum absolute atomic E-state index is 0.502. The number of hydrogen-bond acceptors (Lipinski definition) is 2. The first-order chi connectivity index (χ1) is 7.43. The number of carboxylic acids is 1. The van der Waals surface area contributed by atoms with Gasteiger partial charge in [0.1, 0.15) is 11.4 Å². The fraction of sp³-hybridized carbons (Fsp3) is 0.111. The molecule has 1 aromatic rings. The van der Waals surface area contributed by atoms with Crippen LogP contribution in [0.5, 0.6) is 0 Å². The minimum Gasteiger partial charge on any atom is -0.478 e. The fourth-order valence-corrected chi connectivity index (χ4v) is 1.03. The zero-order valence-corrected chi connectivity index (χ0v) is 7.71. The predicted octanol–water partition coefficient (Wildman–Crippen LogP) is 1.73. The van der Waals surface area contributed by atoms with E-state index in [1.54, 1.807) is 5.32 Å². The summed E-state index contributed by atoms with van der Waals surface area (Å²) in [5, 5.41) is 10.2. The average molecular weight is 233 g/mol. The van der Waals surface area contributed by atoms with Crippen molar-refractivity contribution < 1.29 is 27.9 Å². The summed E-state index contributed by atoms with van der Waals surface area (Å²) in [6, 6.07) is 2.97. The molecule has 0 saturated heterocycles.